The standard InChI is InChI=1S/C12H12ClN3O2/c1-7(17)15-11-4-8(2-3-10(11)13)16-9-5-12(18)14-6-9/h2-5,16H,6H2,1H3,(H,14,18)(H,15,17). The molecule has 1 aliphatic rings. The number of anilines is 2. The zero-order valence-corrected chi connectivity index (χ0v) is 10.5. The highest BCUT2D eigenvalue weighted by Crippen LogP contribution is 2.26. The molecular weight excluding hydrogens is 254 g/mol. The van der Waals surface area contributed by atoms with Crippen LogP contribution in [0.1, 0.15) is 6.92 Å². The minimum atomic E-state index is -0.189. The lowest BCUT2D eigenvalue weighted by Crippen LogP contribution is -2.16. The minimum Gasteiger partial charge on any atom is -0.357 e. The fourth-order valence-electron chi connectivity index (χ4n) is 1.60. The van der Waals surface area contributed by atoms with Gasteiger partial charge in [-0.2, -0.15) is 0 Å². The van der Waals surface area contributed by atoms with Crippen LogP contribution < -0.4 is 16.0 Å². The van der Waals surface area contributed by atoms with E-state index in [2.05, 4.69) is 16.0 Å². The molecule has 2 amide bonds. The molecule has 0 atom stereocenters. The molecule has 18 heavy (non-hydrogen) atoms. The first kappa shape index (κ1) is 12.4. The molecule has 0 bridgehead atoms. The van der Waals surface area contributed by atoms with E-state index in [0.29, 0.717) is 17.3 Å². The summed E-state index contributed by atoms with van der Waals surface area (Å²) in [5.74, 6) is -0.306. The Morgan fingerprint density at radius 3 is 2.83 bits per heavy atom. The number of carbonyl (C=O) groups excluding carboxylic acids is 2. The molecule has 0 fully saturated rings. The van der Waals surface area contributed by atoms with E-state index in [1.807, 2.05) is 0 Å². The number of hydrogen-bond acceptors (Lipinski definition) is 3. The summed E-state index contributed by atoms with van der Waals surface area (Å²) in [6, 6.07) is 5.17. The van der Waals surface area contributed by atoms with Crippen molar-refractivity contribution in [2.24, 2.45) is 0 Å². The zero-order valence-electron chi connectivity index (χ0n) is 9.71. The molecule has 3 N–H and O–H groups in total. The van der Waals surface area contributed by atoms with Gasteiger partial charge in [0, 0.05) is 24.4 Å². The van der Waals surface area contributed by atoms with Crippen molar-refractivity contribution in [1.82, 2.24) is 5.32 Å². The van der Waals surface area contributed by atoms with Gasteiger partial charge in [0.05, 0.1) is 17.3 Å². The molecule has 0 spiro atoms. The second-order valence-electron chi connectivity index (χ2n) is 3.89. The fourth-order valence-corrected chi connectivity index (χ4v) is 1.76. The highest BCUT2D eigenvalue weighted by atomic mass is 35.5. The average molecular weight is 266 g/mol. The fraction of sp³-hybridized carbons (Fsp3) is 0.167. The van der Waals surface area contributed by atoms with Crippen LogP contribution in [0.2, 0.25) is 5.02 Å². The summed E-state index contributed by atoms with van der Waals surface area (Å²) < 4.78 is 0. The maximum absolute atomic E-state index is 11.0. The number of hydrogen-bond donors (Lipinski definition) is 3. The number of carbonyl (C=O) groups is 2. The van der Waals surface area contributed by atoms with Crippen molar-refractivity contribution in [2.45, 2.75) is 6.92 Å². The van der Waals surface area contributed by atoms with E-state index in [4.69, 9.17) is 11.6 Å². The van der Waals surface area contributed by atoms with Gasteiger partial charge in [0.25, 0.3) is 0 Å². The van der Waals surface area contributed by atoms with Crippen molar-refractivity contribution in [3.8, 4) is 0 Å². The van der Waals surface area contributed by atoms with E-state index >= 15 is 0 Å². The second kappa shape index (κ2) is 5.10. The van der Waals surface area contributed by atoms with Gasteiger partial charge in [-0.3, -0.25) is 9.59 Å². The van der Waals surface area contributed by atoms with Crippen LogP contribution in [0.3, 0.4) is 0 Å². The van der Waals surface area contributed by atoms with E-state index in [1.165, 1.54) is 13.0 Å². The maximum atomic E-state index is 11.0. The largest absolute Gasteiger partial charge is 0.357 e. The van der Waals surface area contributed by atoms with E-state index in [0.717, 1.165) is 11.4 Å². The molecule has 0 aromatic heterocycles. The van der Waals surface area contributed by atoms with Gasteiger partial charge < -0.3 is 16.0 Å². The molecule has 1 aliphatic heterocycles. The summed E-state index contributed by atoms with van der Waals surface area (Å²) >= 11 is 5.96. The van der Waals surface area contributed by atoms with E-state index in [1.54, 1.807) is 18.2 Å². The molecule has 1 heterocycles. The van der Waals surface area contributed by atoms with E-state index < -0.39 is 0 Å². The number of halogens is 1. The third kappa shape index (κ3) is 3.01. The lowest BCUT2D eigenvalue weighted by atomic mass is 10.2. The predicted octanol–water partition coefficient (Wildman–Crippen LogP) is 1.72. The summed E-state index contributed by atoms with van der Waals surface area (Å²) in [7, 11) is 0. The van der Waals surface area contributed by atoms with Crippen LogP contribution in [0, 0.1) is 0 Å². The van der Waals surface area contributed by atoms with Crippen molar-refractivity contribution < 1.29 is 9.59 Å². The third-order valence-electron chi connectivity index (χ3n) is 2.34. The number of benzene rings is 1. The number of rotatable bonds is 3. The van der Waals surface area contributed by atoms with Gasteiger partial charge in [0.1, 0.15) is 0 Å². The Morgan fingerprint density at radius 1 is 1.44 bits per heavy atom. The Bertz CT molecular complexity index is 540. The van der Waals surface area contributed by atoms with Crippen molar-refractivity contribution >= 4 is 34.8 Å². The first-order valence-electron chi connectivity index (χ1n) is 5.37. The molecule has 5 nitrogen and oxygen atoms in total. The molecular formula is C12H12ClN3O2. The summed E-state index contributed by atoms with van der Waals surface area (Å²) in [4.78, 5) is 22.0. The van der Waals surface area contributed by atoms with Crippen LogP contribution in [0.4, 0.5) is 11.4 Å². The smallest absolute Gasteiger partial charge is 0.246 e. The average Bonchev–Trinajstić information content (AvgIpc) is 2.68. The normalized spacial score (nSPS) is 13.9. The lowest BCUT2D eigenvalue weighted by Gasteiger charge is -2.10. The molecule has 0 unspecified atom stereocenters. The molecule has 94 valence electrons. The molecule has 0 saturated heterocycles. The number of amides is 2. The van der Waals surface area contributed by atoms with Crippen LogP contribution in [-0.2, 0) is 9.59 Å². The predicted molar refractivity (Wildman–Crippen MR) is 70.5 cm³/mol. The monoisotopic (exact) mass is 265 g/mol. The Hall–Kier alpha value is -2.01. The van der Waals surface area contributed by atoms with E-state index in [9.17, 15) is 9.59 Å². The molecule has 0 aliphatic carbocycles. The SMILES string of the molecule is CC(=O)Nc1cc(NC2=CC(=O)NC2)ccc1Cl. The topological polar surface area (TPSA) is 70.2 Å². The van der Waals surface area contributed by atoms with Crippen molar-refractivity contribution in [2.75, 3.05) is 17.2 Å². The van der Waals surface area contributed by atoms with Gasteiger partial charge in [0.15, 0.2) is 0 Å². The second-order valence-corrected chi connectivity index (χ2v) is 4.30. The van der Waals surface area contributed by atoms with Gasteiger partial charge in [-0.15, -0.1) is 0 Å². The molecule has 1 aromatic rings. The van der Waals surface area contributed by atoms with Gasteiger partial charge in [-0.25, -0.2) is 0 Å². The van der Waals surface area contributed by atoms with Crippen molar-refractivity contribution in [3.05, 3.63) is 35.0 Å². The molecule has 0 saturated carbocycles. The third-order valence-corrected chi connectivity index (χ3v) is 2.67. The Morgan fingerprint density at radius 2 is 2.22 bits per heavy atom. The van der Waals surface area contributed by atoms with E-state index in [-0.39, 0.29) is 11.8 Å². The summed E-state index contributed by atoms with van der Waals surface area (Å²) in [6.45, 7) is 1.88. The maximum Gasteiger partial charge on any atom is 0.246 e. The van der Waals surface area contributed by atoms with Gasteiger partial charge >= 0.3 is 0 Å². The van der Waals surface area contributed by atoms with Crippen LogP contribution in [0.15, 0.2) is 30.0 Å². The van der Waals surface area contributed by atoms with Crippen molar-refractivity contribution in [1.29, 1.82) is 0 Å². The molecule has 6 heteroatoms. The highest BCUT2D eigenvalue weighted by Gasteiger charge is 2.11. The van der Waals surface area contributed by atoms with Crippen LogP contribution in [0.25, 0.3) is 0 Å². The lowest BCUT2D eigenvalue weighted by molar-refractivity contribution is -0.116. The number of nitrogens with one attached hydrogen (secondary N) is 3. The first-order chi connectivity index (χ1) is 8.54. The van der Waals surface area contributed by atoms with Crippen LogP contribution >= 0.6 is 11.6 Å². The minimum absolute atomic E-state index is 0.117. The highest BCUT2D eigenvalue weighted by molar-refractivity contribution is 6.33. The van der Waals surface area contributed by atoms with Gasteiger partial charge in [-0.1, -0.05) is 11.6 Å². The van der Waals surface area contributed by atoms with Gasteiger partial charge in [-0.05, 0) is 18.2 Å². The summed E-state index contributed by atoms with van der Waals surface area (Å²) in [5.41, 5.74) is 2.06. The summed E-state index contributed by atoms with van der Waals surface area (Å²) in [5, 5.41) is 8.84. The molecule has 0 radical (unpaired) electrons. The first-order valence-corrected chi connectivity index (χ1v) is 5.75. The molecule has 1 aromatic carbocycles. The Balaban J connectivity index is 2.16. The van der Waals surface area contributed by atoms with Crippen LogP contribution in [0.5, 0.6) is 0 Å². The zero-order chi connectivity index (χ0) is 13.1. The quantitative estimate of drug-likeness (QED) is 0.779. The molecule has 2 rings (SSSR count). The Kier molecular flexibility index (Phi) is 3.53. The van der Waals surface area contributed by atoms with Crippen molar-refractivity contribution in [3.63, 3.8) is 0 Å². The Labute approximate surface area is 109 Å². The van der Waals surface area contributed by atoms with Crippen LogP contribution in [-0.4, -0.2) is 18.4 Å². The van der Waals surface area contributed by atoms with Gasteiger partial charge in [0.2, 0.25) is 11.8 Å². The summed E-state index contributed by atoms with van der Waals surface area (Å²) in [6.07, 6.45) is 1.49.